The van der Waals surface area contributed by atoms with Gasteiger partial charge in [0.15, 0.2) is 0 Å². The first-order chi connectivity index (χ1) is 18.5. The summed E-state index contributed by atoms with van der Waals surface area (Å²) in [5.74, 6) is 0.107. The van der Waals surface area contributed by atoms with E-state index in [2.05, 4.69) is 4.74 Å². The van der Waals surface area contributed by atoms with Crippen molar-refractivity contribution in [2.45, 2.75) is 0 Å². The summed E-state index contributed by atoms with van der Waals surface area (Å²) in [4.78, 5) is 19.1. The van der Waals surface area contributed by atoms with E-state index in [0.717, 1.165) is 41.0 Å². The molecule has 0 saturated carbocycles. The first kappa shape index (κ1) is 27.1. The van der Waals surface area contributed by atoms with Gasteiger partial charge in [-0.25, -0.2) is 4.57 Å². The summed E-state index contributed by atoms with van der Waals surface area (Å²) < 4.78 is 21.3. The van der Waals surface area contributed by atoms with Crippen LogP contribution in [0.25, 0.3) is 36.5 Å². The fourth-order valence-corrected chi connectivity index (χ4v) is 4.00. The molecule has 4 aromatic carbocycles. The van der Waals surface area contributed by atoms with Gasteiger partial charge in [-0.3, -0.25) is 9.79 Å². The van der Waals surface area contributed by atoms with Crippen LogP contribution in [0.2, 0.25) is 0 Å². The van der Waals surface area contributed by atoms with Gasteiger partial charge in [0.1, 0.15) is 5.75 Å². The molecule has 0 bridgehead atoms. The molecule has 0 unspecified atom stereocenters. The van der Waals surface area contributed by atoms with Gasteiger partial charge in [0, 0.05) is 5.56 Å². The van der Waals surface area contributed by atoms with Gasteiger partial charge < -0.3 is 9.26 Å². The Morgan fingerprint density at radius 2 is 1.00 bits per heavy atom. The molecule has 1 fully saturated rings. The fraction of sp³-hybridized carbons (Fsp3) is 0.0625. The molecule has 0 aliphatic carbocycles. The number of benzene rings is 4. The van der Waals surface area contributed by atoms with Crippen LogP contribution in [0.1, 0.15) is 33.4 Å². The Morgan fingerprint density at radius 1 is 0.579 bits per heavy atom. The molecule has 6 heteroatoms. The van der Waals surface area contributed by atoms with E-state index in [-0.39, 0.29) is 5.75 Å². The summed E-state index contributed by atoms with van der Waals surface area (Å²) in [7, 11) is -4.76. The highest BCUT2D eigenvalue weighted by atomic mass is 31.2. The van der Waals surface area contributed by atoms with E-state index in [1.165, 1.54) is 0 Å². The van der Waals surface area contributed by atoms with Crippen LogP contribution >= 0.6 is 7.82 Å². The number of phosphoric ester groups is 1. The maximum absolute atomic E-state index is 11.7. The normalized spacial score (nSPS) is 13.0. The predicted molar refractivity (Wildman–Crippen MR) is 156 cm³/mol. The second-order valence-electron chi connectivity index (χ2n) is 8.41. The summed E-state index contributed by atoms with van der Waals surface area (Å²) in [6.07, 6.45) is 11.6. The van der Waals surface area contributed by atoms with E-state index in [0.29, 0.717) is 5.56 Å². The molecule has 0 radical (unpaired) electrons. The van der Waals surface area contributed by atoms with Gasteiger partial charge in [-0.15, -0.1) is 0 Å². The lowest BCUT2D eigenvalue weighted by Gasteiger charge is -2.15. The monoisotopic (exact) mass is 524 g/mol. The molecule has 0 spiro atoms. The Bertz CT molecular complexity index is 1430. The maximum atomic E-state index is 11.7. The molecule has 2 N–H and O–H groups in total. The van der Waals surface area contributed by atoms with Crippen LogP contribution in [0.3, 0.4) is 0 Å². The molecular weight excluding hydrogens is 495 g/mol. The molecular formula is C32H29O5P. The van der Waals surface area contributed by atoms with E-state index < -0.39 is 7.82 Å². The lowest BCUT2D eigenvalue weighted by Crippen LogP contribution is -1.96. The van der Waals surface area contributed by atoms with Crippen LogP contribution in [-0.4, -0.2) is 23.0 Å². The van der Waals surface area contributed by atoms with E-state index in [1.807, 2.05) is 127 Å². The van der Waals surface area contributed by atoms with Crippen LogP contribution < -0.4 is 4.52 Å². The van der Waals surface area contributed by atoms with Gasteiger partial charge in [0.05, 0.1) is 13.2 Å². The van der Waals surface area contributed by atoms with Gasteiger partial charge in [-0.1, -0.05) is 134 Å². The number of ether oxygens (including phenoxy) is 1. The SMILES string of the molecule is C1CO1.O=P(O)(O)Oc1ccc(C=Cc2ccccc2)c(C=Cc2ccccc2)c1C=Cc1ccccc1. The maximum Gasteiger partial charge on any atom is 0.524 e. The van der Waals surface area contributed by atoms with Gasteiger partial charge in [-0.05, 0) is 33.9 Å². The Kier molecular flexibility index (Phi) is 9.63. The van der Waals surface area contributed by atoms with Crippen molar-refractivity contribution in [1.29, 1.82) is 0 Å². The van der Waals surface area contributed by atoms with Crippen molar-refractivity contribution < 1.29 is 23.6 Å². The fourth-order valence-electron chi connectivity index (χ4n) is 3.58. The van der Waals surface area contributed by atoms with Gasteiger partial charge in [0.25, 0.3) is 0 Å². The number of hydrogen-bond donors (Lipinski definition) is 2. The second kappa shape index (κ2) is 13.5. The molecule has 1 saturated heterocycles. The minimum atomic E-state index is -4.76. The van der Waals surface area contributed by atoms with Crippen LogP contribution in [0.4, 0.5) is 0 Å². The Labute approximate surface area is 223 Å². The molecule has 5 nitrogen and oxygen atoms in total. The van der Waals surface area contributed by atoms with Gasteiger partial charge in [-0.2, -0.15) is 0 Å². The van der Waals surface area contributed by atoms with E-state index in [9.17, 15) is 14.4 Å². The molecule has 0 atom stereocenters. The summed E-state index contributed by atoms with van der Waals surface area (Å²) in [6, 6.07) is 32.9. The quantitative estimate of drug-likeness (QED) is 0.140. The van der Waals surface area contributed by atoms with Crippen molar-refractivity contribution in [2.24, 2.45) is 0 Å². The Morgan fingerprint density at radius 3 is 1.42 bits per heavy atom. The molecule has 4 aromatic rings. The molecule has 1 aliphatic heterocycles. The number of rotatable bonds is 8. The van der Waals surface area contributed by atoms with E-state index in [1.54, 1.807) is 12.1 Å². The molecule has 1 heterocycles. The lowest BCUT2D eigenvalue weighted by atomic mass is 9.96. The largest absolute Gasteiger partial charge is 0.524 e. The predicted octanol–water partition coefficient (Wildman–Crippen LogP) is 7.69. The number of hydrogen-bond acceptors (Lipinski definition) is 3. The topological polar surface area (TPSA) is 79.3 Å². The van der Waals surface area contributed by atoms with Crippen molar-refractivity contribution in [3.05, 3.63) is 137 Å². The third-order valence-electron chi connectivity index (χ3n) is 5.44. The molecule has 38 heavy (non-hydrogen) atoms. The molecule has 5 rings (SSSR count). The van der Waals surface area contributed by atoms with Gasteiger partial charge in [0.2, 0.25) is 0 Å². The van der Waals surface area contributed by atoms with Crippen LogP contribution in [0, 0.1) is 0 Å². The average Bonchev–Trinajstić information content (AvgIpc) is 3.81. The standard InChI is InChI=1S/C30H25O4P.C2H4O/c31-35(32,33)34-30-23-20-27(19-16-24-10-4-1-5-11-24)28(21-17-25-12-6-2-7-13-25)29(30)22-18-26-14-8-3-9-15-26;1-2-3-1/h1-23H,(H2,31,32,33);1-2H2. The summed E-state index contributed by atoms with van der Waals surface area (Å²) in [6.45, 7) is 2.00. The third kappa shape index (κ3) is 9.15. The molecule has 1 aliphatic rings. The number of phosphoric acid groups is 1. The van der Waals surface area contributed by atoms with Crippen LogP contribution in [0.15, 0.2) is 103 Å². The minimum Gasteiger partial charge on any atom is -0.404 e. The van der Waals surface area contributed by atoms with Crippen molar-refractivity contribution in [3.8, 4) is 5.75 Å². The molecule has 192 valence electrons. The Balaban J connectivity index is 0.00000105. The second-order valence-corrected chi connectivity index (χ2v) is 9.57. The number of epoxide rings is 1. The minimum absolute atomic E-state index is 0.107. The average molecular weight is 525 g/mol. The Hall–Kier alpha value is -3.99. The van der Waals surface area contributed by atoms with Crippen LogP contribution in [0.5, 0.6) is 5.75 Å². The van der Waals surface area contributed by atoms with Crippen molar-refractivity contribution in [1.82, 2.24) is 0 Å². The highest BCUT2D eigenvalue weighted by Gasteiger charge is 2.20. The first-order valence-electron chi connectivity index (χ1n) is 12.2. The van der Waals surface area contributed by atoms with Crippen molar-refractivity contribution >= 4 is 44.3 Å². The van der Waals surface area contributed by atoms with Crippen LogP contribution in [-0.2, 0) is 9.30 Å². The molecule has 0 aromatic heterocycles. The lowest BCUT2D eigenvalue weighted by molar-refractivity contribution is 0.283. The first-order valence-corrected chi connectivity index (χ1v) is 13.7. The van der Waals surface area contributed by atoms with E-state index >= 15 is 0 Å². The summed E-state index contributed by atoms with van der Waals surface area (Å²) in [5.41, 5.74) is 5.23. The van der Waals surface area contributed by atoms with Crippen molar-refractivity contribution in [3.63, 3.8) is 0 Å². The van der Waals surface area contributed by atoms with Crippen molar-refractivity contribution in [2.75, 3.05) is 13.2 Å². The summed E-state index contributed by atoms with van der Waals surface area (Å²) in [5, 5.41) is 0. The summed E-state index contributed by atoms with van der Waals surface area (Å²) >= 11 is 0. The van der Waals surface area contributed by atoms with Gasteiger partial charge >= 0.3 is 7.82 Å². The third-order valence-corrected chi connectivity index (χ3v) is 5.88. The highest BCUT2D eigenvalue weighted by Crippen LogP contribution is 2.42. The molecule has 0 amide bonds. The zero-order valence-corrected chi connectivity index (χ0v) is 21.7. The van der Waals surface area contributed by atoms with E-state index in [4.69, 9.17) is 4.52 Å². The zero-order valence-electron chi connectivity index (χ0n) is 20.8. The smallest absolute Gasteiger partial charge is 0.404 e. The highest BCUT2D eigenvalue weighted by molar-refractivity contribution is 7.46. The zero-order chi connectivity index (χ0) is 26.6.